The van der Waals surface area contributed by atoms with Crippen LogP contribution in [0.25, 0.3) is 0 Å². The summed E-state index contributed by atoms with van der Waals surface area (Å²) < 4.78 is 0. The molecule has 10 heavy (non-hydrogen) atoms. The molecule has 0 fully saturated rings. The van der Waals surface area contributed by atoms with Gasteiger partial charge in [0.15, 0.2) is 0 Å². The summed E-state index contributed by atoms with van der Waals surface area (Å²) in [5.41, 5.74) is 0.0799. The molecule has 0 N–H and O–H groups in total. The molecule has 0 heterocycles. The van der Waals surface area contributed by atoms with Crippen LogP contribution in [-0.4, -0.2) is 6.04 Å². The summed E-state index contributed by atoms with van der Waals surface area (Å²) in [6.07, 6.45) is 1.86. The van der Waals surface area contributed by atoms with E-state index in [0.29, 0.717) is 0 Å². The second-order valence-electron chi connectivity index (χ2n) is 3.37. The smallest absolute Gasteiger partial charge is 0.0967 e. The SMILES string of the molecule is CCC(N=O)C(C)(C)CC. The summed E-state index contributed by atoms with van der Waals surface area (Å²) in [4.78, 5) is 10.3. The van der Waals surface area contributed by atoms with Crippen molar-refractivity contribution >= 4 is 0 Å². The first-order valence-electron chi connectivity index (χ1n) is 3.91. The van der Waals surface area contributed by atoms with Crippen LogP contribution in [0.15, 0.2) is 5.18 Å². The quantitative estimate of drug-likeness (QED) is 0.556. The summed E-state index contributed by atoms with van der Waals surface area (Å²) in [6.45, 7) is 8.27. The molecule has 0 aliphatic rings. The van der Waals surface area contributed by atoms with E-state index in [1.54, 1.807) is 0 Å². The zero-order valence-corrected chi connectivity index (χ0v) is 7.35. The molecule has 0 rings (SSSR count). The highest BCUT2D eigenvalue weighted by Gasteiger charge is 2.26. The lowest BCUT2D eigenvalue weighted by Gasteiger charge is -2.26. The third-order valence-corrected chi connectivity index (χ3v) is 2.33. The Balaban J connectivity index is 4.10. The molecule has 0 bridgehead atoms. The van der Waals surface area contributed by atoms with E-state index in [1.165, 1.54) is 0 Å². The Morgan fingerprint density at radius 3 is 2.00 bits per heavy atom. The summed E-state index contributed by atoms with van der Waals surface area (Å²) >= 11 is 0. The van der Waals surface area contributed by atoms with Crippen molar-refractivity contribution in [1.82, 2.24) is 0 Å². The first-order valence-corrected chi connectivity index (χ1v) is 3.91. The average molecular weight is 143 g/mol. The Kier molecular flexibility index (Phi) is 3.54. The lowest BCUT2D eigenvalue weighted by atomic mass is 9.81. The van der Waals surface area contributed by atoms with Crippen molar-refractivity contribution in [1.29, 1.82) is 0 Å². The van der Waals surface area contributed by atoms with Crippen LogP contribution in [0, 0.1) is 10.3 Å². The molecule has 0 radical (unpaired) electrons. The van der Waals surface area contributed by atoms with Crippen LogP contribution in [-0.2, 0) is 0 Å². The molecule has 2 nitrogen and oxygen atoms in total. The Morgan fingerprint density at radius 1 is 1.40 bits per heavy atom. The number of hydrogen-bond donors (Lipinski definition) is 0. The van der Waals surface area contributed by atoms with Gasteiger partial charge in [0.2, 0.25) is 0 Å². The Bertz CT molecular complexity index is 110. The van der Waals surface area contributed by atoms with E-state index in [9.17, 15) is 4.91 Å². The highest BCUT2D eigenvalue weighted by atomic mass is 16.3. The molecule has 0 amide bonds. The topological polar surface area (TPSA) is 29.4 Å². The second kappa shape index (κ2) is 3.69. The Hall–Kier alpha value is -0.400. The van der Waals surface area contributed by atoms with Gasteiger partial charge in [-0.2, -0.15) is 4.91 Å². The largest absolute Gasteiger partial charge is 0.150 e. The maximum absolute atomic E-state index is 10.3. The van der Waals surface area contributed by atoms with Crippen molar-refractivity contribution in [3.05, 3.63) is 4.91 Å². The molecule has 0 saturated heterocycles. The maximum atomic E-state index is 10.3. The molecule has 0 aliphatic heterocycles. The van der Waals surface area contributed by atoms with E-state index in [1.807, 2.05) is 6.92 Å². The predicted octanol–water partition coefficient (Wildman–Crippen LogP) is 2.97. The molecule has 0 aromatic carbocycles. The second-order valence-corrected chi connectivity index (χ2v) is 3.37. The first kappa shape index (κ1) is 9.60. The van der Waals surface area contributed by atoms with E-state index >= 15 is 0 Å². The molecule has 0 saturated carbocycles. The fraction of sp³-hybridized carbons (Fsp3) is 1.00. The zero-order valence-electron chi connectivity index (χ0n) is 7.35. The zero-order chi connectivity index (χ0) is 8.20. The predicted molar refractivity (Wildman–Crippen MR) is 43.9 cm³/mol. The van der Waals surface area contributed by atoms with Crippen molar-refractivity contribution in [2.24, 2.45) is 10.6 Å². The minimum absolute atomic E-state index is 0.0162. The monoisotopic (exact) mass is 143 g/mol. The van der Waals surface area contributed by atoms with Gasteiger partial charge >= 0.3 is 0 Å². The highest BCUT2D eigenvalue weighted by molar-refractivity contribution is 4.81. The lowest BCUT2D eigenvalue weighted by molar-refractivity contribution is 0.269. The van der Waals surface area contributed by atoms with Gasteiger partial charge in [-0.3, -0.25) is 0 Å². The van der Waals surface area contributed by atoms with Crippen LogP contribution in [0.1, 0.15) is 40.5 Å². The molecular weight excluding hydrogens is 126 g/mol. The average Bonchev–Trinajstić information content (AvgIpc) is 1.90. The number of nitrogens with zero attached hydrogens (tertiary/aromatic N) is 1. The fourth-order valence-corrected chi connectivity index (χ4v) is 1.01. The first-order chi connectivity index (χ1) is 4.58. The van der Waals surface area contributed by atoms with E-state index < -0.39 is 0 Å². The van der Waals surface area contributed by atoms with Gasteiger partial charge in [0.25, 0.3) is 0 Å². The van der Waals surface area contributed by atoms with Crippen LogP contribution in [0.5, 0.6) is 0 Å². The van der Waals surface area contributed by atoms with Crippen LogP contribution in [0.3, 0.4) is 0 Å². The minimum Gasteiger partial charge on any atom is -0.150 e. The Morgan fingerprint density at radius 2 is 1.90 bits per heavy atom. The molecule has 1 atom stereocenters. The standard InChI is InChI=1S/C8H17NO/c1-5-7(9-10)8(3,4)6-2/h7H,5-6H2,1-4H3. The van der Waals surface area contributed by atoms with E-state index in [4.69, 9.17) is 0 Å². The summed E-state index contributed by atoms with van der Waals surface area (Å²) in [7, 11) is 0. The summed E-state index contributed by atoms with van der Waals surface area (Å²) in [5.74, 6) is 0. The lowest BCUT2D eigenvalue weighted by Crippen LogP contribution is -2.25. The Labute approximate surface area is 63.0 Å². The van der Waals surface area contributed by atoms with Gasteiger partial charge in [0, 0.05) is 0 Å². The third-order valence-electron chi connectivity index (χ3n) is 2.33. The highest BCUT2D eigenvalue weighted by Crippen LogP contribution is 2.28. The van der Waals surface area contributed by atoms with Crippen molar-refractivity contribution in [2.75, 3.05) is 0 Å². The van der Waals surface area contributed by atoms with Gasteiger partial charge in [-0.15, -0.1) is 0 Å². The van der Waals surface area contributed by atoms with Gasteiger partial charge in [-0.1, -0.05) is 32.9 Å². The molecule has 0 aliphatic carbocycles. The fourth-order valence-electron chi connectivity index (χ4n) is 1.01. The van der Waals surface area contributed by atoms with Gasteiger partial charge in [-0.05, 0) is 18.3 Å². The minimum atomic E-state index is -0.0162. The molecule has 0 spiro atoms. The van der Waals surface area contributed by atoms with Crippen LogP contribution in [0.4, 0.5) is 0 Å². The third kappa shape index (κ3) is 2.09. The van der Waals surface area contributed by atoms with Gasteiger partial charge in [0.1, 0.15) is 0 Å². The number of rotatable bonds is 4. The molecule has 0 aromatic heterocycles. The van der Waals surface area contributed by atoms with E-state index in [-0.39, 0.29) is 11.5 Å². The van der Waals surface area contributed by atoms with Crippen LogP contribution < -0.4 is 0 Å². The maximum Gasteiger partial charge on any atom is 0.0967 e. The van der Waals surface area contributed by atoms with Crippen molar-refractivity contribution in [2.45, 2.75) is 46.6 Å². The summed E-state index contributed by atoms with van der Waals surface area (Å²) in [6, 6.07) is -0.0162. The van der Waals surface area contributed by atoms with Crippen molar-refractivity contribution in [3.8, 4) is 0 Å². The van der Waals surface area contributed by atoms with E-state index in [2.05, 4.69) is 25.9 Å². The van der Waals surface area contributed by atoms with Gasteiger partial charge < -0.3 is 0 Å². The van der Waals surface area contributed by atoms with Gasteiger partial charge in [-0.25, -0.2) is 0 Å². The number of nitroso groups, excluding NO2 is 1. The van der Waals surface area contributed by atoms with E-state index in [0.717, 1.165) is 12.8 Å². The molecular formula is C8H17NO. The molecule has 1 unspecified atom stereocenters. The molecule has 0 aromatic rings. The summed E-state index contributed by atoms with van der Waals surface area (Å²) in [5, 5.41) is 3.10. The van der Waals surface area contributed by atoms with Crippen molar-refractivity contribution in [3.63, 3.8) is 0 Å². The molecule has 60 valence electrons. The van der Waals surface area contributed by atoms with Crippen LogP contribution >= 0.6 is 0 Å². The van der Waals surface area contributed by atoms with Crippen LogP contribution in [0.2, 0.25) is 0 Å². The van der Waals surface area contributed by atoms with Crippen molar-refractivity contribution < 1.29 is 0 Å². The van der Waals surface area contributed by atoms with Gasteiger partial charge in [0.05, 0.1) is 6.04 Å². The number of hydrogen-bond acceptors (Lipinski definition) is 2. The normalized spacial score (nSPS) is 14.8. The molecule has 2 heteroatoms.